The van der Waals surface area contributed by atoms with Crippen LogP contribution < -0.4 is 5.32 Å². The average molecular weight is 340 g/mol. The number of carbonyl (C=O) groups excluding carboxylic acids is 1. The van der Waals surface area contributed by atoms with Gasteiger partial charge in [0.15, 0.2) is 0 Å². The molecule has 1 N–H and O–H groups in total. The van der Waals surface area contributed by atoms with E-state index in [0.29, 0.717) is 18.6 Å². The largest absolute Gasteiger partial charge is 0.416 e. The maximum atomic E-state index is 12.5. The number of nitrogens with one attached hydrogen (secondary N) is 1. The molecule has 0 saturated heterocycles. The Hall–Kier alpha value is -2.00. The van der Waals surface area contributed by atoms with E-state index in [9.17, 15) is 18.0 Å². The number of hydrogen-bond acceptors (Lipinski definition) is 2. The molecule has 0 unspecified atom stereocenters. The summed E-state index contributed by atoms with van der Waals surface area (Å²) in [4.78, 5) is 14.1. The predicted molar refractivity (Wildman–Crippen MR) is 88.5 cm³/mol. The summed E-state index contributed by atoms with van der Waals surface area (Å²) in [5, 5.41) is 2.58. The Kier molecular flexibility index (Phi) is 7.30. The van der Waals surface area contributed by atoms with Gasteiger partial charge in [-0.1, -0.05) is 11.8 Å². The monoisotopic (exact) mass is 340 g/mol. The quantitative estimate of drug-likeness (QED) is 0.832. The fourth-order valence-corrected chi connectivity index (χ4v) is 2.21. The third-order valence-corrected chi connectivity index (χ3v) is 3.52. The maximum absolute atomic E-state index is 12.5. The van der Waals surface area contributed by atoms with Crippen molar-refractivity contribution in [2.24, 2.45) is 0 Å². The number of carbonyl (C=O) groups is 1. The van der Waals surface area contributed by atoms with Crippen LogP contribution in [0.4, 0.5) is 13.2 Å². The van der Waals surface area contributed by atoms with E-state index in [4.69, 9.17) is 0 Å². The molecule has 0 atom stereocenters. The number of benzene rings is 1. The van der Waals surface area contributed by atoms with E-state index in [-0.39, 0.29) is 12.1 Å². The molecule has 1 aromatic carbocycles. The van der Waals surface area contributed by atoms with Crippen molar-refractivity contribution in [3.8, 4) is 11.8 Å². The van der Waals surface area contributed by atoms with Gasteiger partial charge in [-0.15, -0.1) is 0 Å². The van der Waals surface area contributed by atoms with Crippen molar-refractivity contribution >= 4 is 5.91 Å². The maximum Gasteiger partial charge on any atom is 0.416 e. The standard InChI is InChI=1S/C18H23F3N2O/c1-13(2)23(14(3)4)12-6-5-11-22-17(24)15-7-9-16(10-8-15)18(19,20)21/h7-10,13-14H,11-12H2,1-4H3,(H,22,24). The van der Waals surface area contributed by atoms with Crippen LogP contribution >= 0.6 is 0 Å². The number of rotatable bonds is 5. The van der Waals surface area contributed by atoms with Crippen molar-refractivity contribution in [3.05, 3.63) is 35.4 Å². The molecule has 0 heterocycles. The Morgan fingerprint density at radius 2 is 1.62 bits per heavy atom. The summed E-state index contributed by atoms with van der Waals surface area (Å²) >= 11 is 0. The normalized spacial score (nSPS) is 11.6. The molecule has 1 amide bonds. The average Bonchev–Trinajstić information content (AvgIpc) is 2.49. The van der Waals surface area contributed by atoms with Crippen LogP contribution in [0.3, 0.4) is 0 Å². The Labute approximate surface area is 141 Å². The lowest BCUT2D eigenvalue weighted by Gasteiger charge is -2.28. The van der Waals surface area contributed by atoms with Gasteiger partial charge >= 0.3 is 6.18 Å². The Bertz CT molecular complexity index is 587. The Morgan fingerprint density at radius 1 is 1.08 bits per heavy atom. The van der Waals surface area contributed by atoms with Gasteiger partial charge in [0.1, 0.15) is 0 Å². The molecule has 0 bridgehead atoms. The second kappa shape index (κ2) is 8.74. The first-order valence-electron chi connectivity index (χ1n) is 7.80. The highest BCUT2D eigenvalue weighted by molar-refractivity contribution is 5.94. The van der Waals surface area contributed by atoms with Gasteiger partial charge in [0.05, 0.1) is 18.7 Å². The van der Waals surface area contributed by atoms with Gasteiger partial charge in [-0.25, -0.2) is 0 Å². The summed E-state index contributed by atoms with van der Waals surface area (Å²) in [5.41, 5.74) is -0.600. The molecule has 132 valence electrons. The molecule has 0 aliphatic rings. The first kappa shape index (κ1) is 20.0. The highest BCUT2D eigenvalue weighted by atomic mass is 19.4. The zero-order valence-electron chi connectivity index (χ0n) is 14.4. The zero-order valence-corrected chi connectivity index (χ0v) is 14.4. The van der Waals surface area contributed by atoms with Gasteiger partial charge in [0.25, 0.3) is 5.91 Å². The van der Waals surface area contributed by atoms with Crippen LogP contribution in [0.2, 0.25) is 0 Å². The number of alkyl halides is 3. The minimum Gasteiger partial charge on any atom is -0.341 e. The lowest BCUT2D eigenvalue weighted by atomic mass is 10.1. The third-order valence-electron chi connectivity index (χ3n) is 3.52. The molecule has 24 heavy (non-hydrogen) atoms. The number of amides is 1. The van der Waals surface area contributed by atoms with Gasteiger partial charge in [-0.05, 0) is 52.0 Å². The Morgan fingerprint density at radius 3 is 2.08 bits per heavy atom. The fourth-order valence-electron chi connectivity index (χ4n) is 2.21. The van der Waals surface area contributed by atoms with Crippen molar-refractivity contribution in [2.75, 3.05) is 13.1 Å². The molecule has 1 aromatic rings. The number of halogens is 3. The smallest absolute Gasteiger partial charge is 0.341 e. The third kappa shape index (κ3) is 6.25. The highest BCUT2D eigenvalue weighted by Gasteiger charge is 2.30. The lowest BCUT2D eigenvalue weighted by molar-refractivity contribution is -0.137. The van der Waals surface area contributed by atoms with Gasteiger partial charge in [0, 0.05) is 17.6 Å². The minimum absolute atomic E-state index is 0.157. The molecule has 0 aliphatic carbocycles. The van der Waals surface area contributed by atoms with E-state index in [1.807, 2.05) is 0 Å². The summed E-state index contributed by atoms with van der Waals surface area (Å²) in [6.45, 7) is 9.12. The minimum atomic E-state index is -4.40. The molecule has 6 heteroatoms. The summed E-state index contributed by atoms with van der Waals surface area (Å²) in [6, 6.07) is 4.85. The van der Waals surface area contributed by atoms with E-state index in [1.54, 1.807) is 0 Å². The van der Waals surface area contributed by atoms with Gasteiger partial charge in [-0.3, -0.25) is 9.69 Å². The molecule has 3 nitrogen and oxygen atoms in total. The molecule has 0 aromatic heterocycles. The summed E-state index contributed by atoms with van der Waals surface area (Å²) in [6.07, 6.45) is -4.40. The Balaban J connectivity index is 2.51. The van der Waals surface area contributed by atoms with Crippen molar-refractivity contribution in [2.45, 2.75) is 46.0 Å². The van der Waals surface area contributed by atoms with Crippen LogP contribution in [0.1, 0.15) is 43.6 Å². The van der Waals surface area contributed by atoms with Gasteiger partial charge in [0.2, 0.25) is 0 Å². The first-order chi connectivity index (χ1) is 11.1. The van der Waals surface area contributed by atoms with Crippen LogP contribution in [0.5, 0.6) is 0 Å². The molecular formula is C18H23F3N2O. The predicted octanol–water partition coefficient (Wildman–Crippen LogP) is 3.56. The summed E-state index contributed by atoms with van der Waals surface area (Å²) in [5.74, 6) is 5.41. The van der Waals surface area contributed by atoms with E-state index in [0.717, 1.165) is 24.3 Å². The zero-order chi connectivity index (χ0) is 18.3. The number of hydrogen-bond donors (Lipinski definition) is 1. The second-order valence-electron chi connectivity index (χ2n) is 5.97. The van der Waals surface area contributed by atoms with Crippen molar-refractivity contribution < 1.29 is 18.0 Å². The van der Waals surface area contributed by atoms with Gasteiger partial charge in [-0.2, -0.15) is 13.2 Å². The van der Waals surface area contributed by atoms with E-state index in [2.05, 4.69) is 49.8 Å². The fraction of sp³-hybridized carbons (Fsp3) is 0.500. The SMILES string of the molecule is CC(C)N(CC#CCNC(=O)c1ccc(C(F)(F)F)cc1)C(C)C. The van der Waals surface area contributed by atoms with E-state index < -0.39 is 17.6 Å². The molecule has 1 rings (SSSR count). The van der Waals surface area contributed by atoms with Crippen molar-refractivity contribution in [1.82, 2.24) is 10.2 Å². The van der Waals surface area contributed by atoms with Gasteiger partial charge < -0.3 is 5.32 Å². The number of nitrogens with zero attached hydrogens (tertiary/aromatic N) is 1. The van der Waals surface area contributed by atoms with Crippen LogP contribution in [0.15, 0.2) is 24.3 Å². The molecule has 0 saturated carbocycles. The van der Waals surface area contributed by atoms with Crippen LogP contribution in [0.25, 0.3) is 0 Å². The van der Waals surface area contributed by atoms with Crippen LogP contribution in [-0.2, 0) is 6.18 Å². The first-order valence-corrected chi connectivity index (χ1v) is 7.80. The summed E-state index contributed by atoms with van der Waals surface area (Å²) in [7, 11) is 0. The molecule has 0 radical (unpaired) electrons. The van der Waals surface area contributed by atoms with Crippen LogP contribution in [0, 0.1) is 11.8 Å². The van der Waals surface area contributed by atoms with Crippen molar-refractivity contribution in [1.29, 1.82) is 0 Å². The lowest BCUT2D eigenvalue weighted by Crippen LogP contribution is -2.37. The second-order valence-corrected chi connectivity index (χ2v) is 5.97. The molecule has 0 fully saturated rings. The van der Waals surface area contributed by atoms with E-state index >= 15 is 0 Å². The molecule has 0 spiro atoms. The van der Waals surface area contributed by atoms with Crippen molar-refractivity contribution in [3.63, 3.8) is 0 Å². The molecule has 0 aliphatic heterocycles. The van der Waals surface area contributed by atoms with E-state index in [1.165, 1.54) is 0 Å². The van der Waals surface area contributed by atoms with Crippen LogP contribution in [-0.4, -0.2) is 36.0 Å². The topological polar surface area (TPSA) is 32.3 Å². The highest BCUT2D eigenvalue weighted by Crippen LogP contribution is 2.28. The summed E-state index contributed by atoms with van der Waals surface area (Å²) < 4.78 is 37.4. The molecular weight excluding hydrogens is 317 g/mol.